The summed E-state index contributed by atoms with van der Waals surface area (Å²) in [6, 6.07) is 13.4. The van der Waals surface area contributed by atoms with Gasteiger partial charge in [0, 0.05) is 47.7 Å². The van der Waals surface area contributed by atoms with E-state index in [1.165, 1.54) is 0 Å². The van der Waals surface area contributed by atoms with E-state index in [1.54, 1.807) is 6.20 Å². The Hall–Kier alpha value is -3.19. The van der Waals surface area contributed by atoms with Gasteiger partial charge < -0.3 is 9.42 Å². The Bertz CT molecular complexity index is 1140. The number of hydrogen-bond acceptors (Lipinski definition) is 6. The van der Waals surface area contributed by atoms with Gasteiger partial charge in [-0.05, 0) is 37.6 Å². The molecule has 1 aliphatic rings. The average Bonchev–Trinajstić information content (AvgIpc) is 3.41. The Morgan fingerprint density at radius 2 is 1.97 bits per heavy atom. The fourth-order valence-corrected chi connectivity index (χ4v) is 3.90. The van der Waals surface area contributed by atoms with Gasteiger partial charge in [0.2, 0.25) is 5.95 Å². The zero-order valence-corrected chi connectivity index (χ0v) is 16.6. The van der Waals surface area contributed by atoms with Crippen molar-refractivity contribution in [2.45, 2.75) is 25.9 Å². The van der Waals surface area contributed by atoms with Gasteiger partial charge in [0.15, 0.2) is 11.6 Å². The Morgan fingerprint density at radius 1 is 1.07 bits per heavy atom. The monoisotopic (exact) mass is 406 g/mol. The van der Waals surface area contributed by atoms with Crippen LogP contribution in [0.15, 0.2) is 59.4 Å². The van der Waals surface area contributed by atoms with Crippen molar-refractivity contribution in [2.75, 3.05) is 11.4 Å². The van der Waals surface area contributed by atoms with Gasteiger partial charge in [0.1, 0.15) is 5.69 Å². The van der Waals surface area contributed by atoms with Crippen molar-refractivity contribution >= 4 is 17.5 Å². The summed E-state index contributed by atoms with van der Waals surface area (Å²) in [7, 11) is 0. The van der Waals surface area contributed by atoms with Crippen molar-refractivity contribution in [3.63, 3.8) is 0 Å². The second-order valence-electron chi connectivity index (χ2n) is 7.07. The standard InChI is InChI=1S/C21H19ClN6O/c1-14(18-12-19(29-26-18)15-5-2-7-17(22)11-15)27-9-4-10-28-20(24-25-21(27)28)16-6-3-8-23-13-16/h2-3,5-8,11-14H,4,9-10H2,1H3. The van der Waals surface area contributed by atoms with E-state index in [-0.39, 0.29) is 6.04 Å². The summed E-state index contributed by atoms with van der Waals surface area (Å²) in [6.07, 6.45) is 4.57. The number of nitrogens with zero attached hydrogens (tertiary/aromatic N) is 6. The van der Waals surface area contributed by atoms with E-state index < -0.39 is 0 Å². The number of anilines is 1. The molecule has 0 N–H and O–H groups in total. The van der Waals surface area contributed by atoms with E-state index >= 15 is 0 Å². The number of aromatic nitrogens is 5. The Balaban J connectivity index is 1.45. The fraction of sp³-hybridized carbons (Fsp3) is 0.238. The molecule has 0 amide bonds. The van der Waals surface area contributed by atoms with E-state index in [0.717, 1.165) is 48.1 Å². The molecule has 0 saturated carbocycles. The van der Waals surface area contributed by atoms with Gasteiger partial charge in [-0.25, -0.2) is 0 Å². The molecule has 0 aliphatic carbocycles. The third-order valence-electron chi connectivity index (χ3n) is 5.22. The van der Waals surface area contributed by atoms with Crippen LogP contribution in [0, 0.1) is 0 Å². The zero-order valence-electron chi connectivity index (χ0n) is 15.9. The molecule has 1 aliphatic heterocycles. The minimum Gasteiger partial charge on any atom is -0.356 e. The molecule has 8 heteroatoms. The van der Waals surface area contributed by atoms with Crippen LogP contribution in [0.5, 0.6) is 0 Å². The molecule has 1 unspecified atom stereocenters. The first kappa shape index (κ1) is 17.9. The highest BCUT2D eigenvalue weighted by Gasteiger charge is 2.29. The minimum absolute atomic E-state index is 0.00307. The molecule has 1 aromatic carbocycles. The summed E-state index contributed by atoms with van der Waals surface area (Å²) in [4.78, 5) is 6.42. The number of pyridine rings is 1. The van der Waals surface area contributed by atoms with Crippen molar-refractivity contribution in [2.24, 2.45) is 0 Å². The summed E-state index contributed by atoms with van der Waals surface area (Å²) < 4.78 is 7.74. The Labute approximate surface area is 172 Å². The first-order valence-corrected chi connectivity index (χ1v) is 9.91. The maximum atomic E-state index is 6.10. The molecule has 0 bridgehead atoms. The van der Waals surface area contributed by atoms with Crippen molar-refractivity contribution in [3.05, 3.63) is 65.6 Å². The molecule has 0 spiro atoms. The van der Waals surface area contributed by atoms with Crippen LogP contribution in [0.3, 0.4) is 0 Å². The lowest BCUT2D eigenvalue weighted by atomic mass is 10.1. The molecule has 0 fully saturated rings. The number of hydrogen-bond donors (Lipinski definition) is 0. The number of halogens is 1. The third-order valence-corrected chi connectivity index (χ3v) is 5.46. The molecule has 1 atom stereocenters. The molecule has 29 heavy (non-hydrogen) atoms. The van der Waals surface area contributed by atoms with Gasteiger partial charge in [-0.15, -0.1) is 10.2 Å². The van der Waals surface area contributed by atoms with Gasteiger partial charge in [-0.1, -0.05) is 28.9 Å². The molecular weight excluding hydrogens is 388 g/mol. The predicted molar refractivity (Wildman–Crippen MR) is 111 cm³/mol. The lowest BCUT2D eigenvalue weighted by Gasteiger charge is -2.32. The summed E-state index contributed by atoms with van der Waals surface area (Å²) in [6.45, 7) is 3.86. The molecule has 3 aromatic heterocycles. The van der Waals surface area contributed by atoms with Crippen LogP contribution in [0.2, 0.25) is 5.02 Å². The molecule has 7 nitrogen and oxygen atoms in total. The average molecular weight is 407 g/mol. The smallest absolute Gasteiger partial charge is 0.228 e. The van der Waals surface area contributed by atoms with Crippen molar-refractivity contribution in [1.82, 2.24) is 24.9 Å². The molecule has 4 heterocycles. The van der Waals surface area contributed by atoms with Crippen molar-refractivity contribution in [1.29, 1.82) is 0 Å². The Kier molecular flexibility index (Phi) is 4.52. The number of benzene rings is 1. The van der Waals surface area contributed by atoms with E-state index in [0.29, 0.717) is 10.8 Å². The lowest BCUT2D eigenvalue weighted by Crippen LogP contribution is -2.35. The van der Waals surface area contributed by atoms with Gasteiger partial charge in [-0.2, -0.15) is 0 Å². The van der Waals surface area contributed by atoms with E-state index in [9.17, 15) is 0 Å². The van der Waals surface area contributed by atoms with Crippen LogP contribution in [-0.2, 0) is 6.54 Å². The van der Waals surface area contributed by atoms with E-state index in [4.69, 9.17) is 16.1 Å². The second kappa shape index (κ2) is 7.33. The SMILES string of the molecule is CC(c1cc(-c2cccc(Cl)c2)on1)N1CCCn2c(-c3cccnc3)nnc21. The quantitative estimate of drug-likeness (QED) is 0.492. The molecule has 0 radical (unpaired) electrons. The molecule has 0 saturated heterocycles. The largest absolute Gasteiger partial charge is 0.356 e. The summed E-state index contributed by atoms with van der Waals surface area (Å²) in [5, 5.41) is 13.9. The number of fused-ring (bicyclic) bond motifs is 1. The van der Waals surface area contributed by atoms with Crippen molar-refractivity contribution < 1.29 is 4.52 Å². The van der Waals surface area contributed by atoms with E-state index in [1.807, 2.05) is 48.7 Å². The summed E-state index contributed by atoms with van der Waals surface area (Å²) in [5.41, 5.74) is 2.72. The van der Waals surface area contributed by atoms with Crippen LogP contribution in [-0.4, -0.2) is 31.4 Å². The highest BCUT2D eigenvalue weighted by Crippen LogP contribution is 2.33. The van der Waals surface area contributed by atoms with Gasteiger partial charge >= 0.3 is 0 Å². The first-order chi connectivity index (χ1) is 14.2. The first-order valence-electron chi connectivity index (χ1n) is 9.53. The molecule has 5 rings (SSSR count). The molecule has 146 valence electrons. The van der Waals surface area contributed by atoms with Crippen LogP contribution >= 0.6 is 11.6 Å². The third kappa shape index (κ3) is 3.27. The fourth-order valence-electron chi connectivity index (χ4n) is 3.71. The normalized spacial score (nSPS) is 14.6. The maximum Gasteiger partial charge on any atom is 0.228 e. The Morgan fingerprint density at radius 3 is 2.79 bits per heavy atom. The zero-order chi connectivity index (χ0) is 19.8. The maximum absolute atomic E-state index is 6.10. The van der Waals surface area contributed by atoms with Crippen LogP contribution in [0.25, 0.3) is 22.7 Å². The van der Waals surface area contributed by atoms with Crippen LogP contribution < -0.4 is 4.90 Å². The van der Waals surface area contributed by atoms with Gasteiger partial charge in [0.25, 0.3) is 0 Å². The lowest BCUT2D eigenvalue weighted by molar-refractivity contribution is 0.412. The number of rotatable bonds is 4. The van der Waals surface area contributed by atoms with Crippen LogP contribution in [0.4, 0.5) is 5.95 Å². The minimum atomic E-state index is -0.00307. The molecule has 4 aromatic rings. The van der Waals surface area contributed by atoms with E-state index in [2.05, 4.69) is 36.7 Å². The predicted octanol–water partition coefficient (Wildman–Crippen LogP) is 4.62. The second-order valence-corrected chi connectivity index (χ2v) is 7.50. The highest BCUT2D eigenvalue weighted by molar-refractivity contribution is 6.30. The molecular formula is C21H19ClN6O. The van der Waals surface area contributed by atoms with Gasteiger partial charge in [-0.3, -0.25) is 9.55 Å². The van der Waals surface area contributed by atoms with Crippen LogP contribution in [0.1, 0.15) is 25.1 Å². The summed E-state index contributed by atoms with van der Waals surface area (Å²) >= 11 is 6.10. The van der Waals surface area contributed by atoms with Gasteiger partial charge in [0.05, 0.1) is 6.04 Å². The summed E-state index contributed by atoms with van der Waals surface area (Å²) in [5.74, 6) is 2.38. The van der Waals surface area contributed by atoms with Crippen molar-refractivity contribution in [3.8, 4) is 22.7 Å². The topological polar surface area (TPSA) is 72.9 Å². The highest BCUT2D eigenvalue weighted by atomic mass is 35.5.